The average Bonchev–Trinajstić information content (AvgIpc) is 2.60. The Morgan fingerprint density at radius 2 is 1.33 bits per heavy atom. The fraction of sp³-hybridized carbons (Fsp3) is 0.136. The molecule has 0 unspecified atom stereocenters. The van der Waals surface area contributed by atoms with E-state index in [1.54, 1.807) is 0 Å². The number of rotatable bonds is 2. The molecule has 0 saturated heterocycles. The summed E-state index contributed by atoms with van der Waals surface area (Å²) in [5, 5.41) is 6.17. The van der Waals surface area contributed by atoms with Crippen LogP contribution in [0.4, 0.5) is 11.4 Å². The number of fused-ring (bicyclic) bond motifs is 2. The van der Waals surface area contributed by atoms with Crippen LogP contribution < -0.4 is 9.88 Å². The minimum atomic E-state index is 1.16. The molecule has 4 rings (SSSR count). The molecule has 0 aliphatic carbocycles. The number of hydrogen-bond acceptors (Lipinski definition) is 1. The van der Waals surface area contributed by atoms with Gasteiger partial charge in [-0.25, -0.2) is 0 Å². The van der Waals surface area contributed by atoms with Crippen LogP contribution in [0.5, 0.6) is 0 Å². The first-order chi connectivity index (χ1) is 11.6. The standard InChI is InChI=1S/C22H20N2/c1-15-12-13-19(16(2)14-15)23-22-17-8-4-6-10-20(17)24(3)21-11-7-5-9-18(21)22/h4-14H,1-3H3/p+1. The summed E-state index contributed by atoms with van der Waals surface area (Å²) < 4.78 is 2.26. The van der Waals surface area contributed by atoms with E-state index in [4.69, 9.17) is 0 Å². The van der Waals surface area contributed by atoms with Gasteiger partial charge in [-0.1, -0.05) is 42.0 Å². The Hall–Kier alpha value is -2.87. The van der Waals surface area contributed by atoms with Crippen molar-refractivity contribution in [2.24, 2.45) is 7.05 Å². The van der Waals surface area contributed by atoms with E-state index < -0.39 is 0 Å². The number of nitrogens with zero attached hydrogens (tertiary/aromatic N) is 1. The minimum Gasteiger partial charge on any atom is -0.354 e. The Labute approximate surface area is 142 Å². The van der Waals surface area contributed by atoms with Crippen molar-refractivity contribution in [2.75, 3.05) is 5.32 Å². The van der Waals surface area contributed by atoms with Gasteiger partial charge in [0.1, 0.15) is 7.05 Å². The summed E-state index contributed by atoms with van der Waals surface area (Å²) in [6.45, 7) is 4.28. The number of aromatic nitrogens is 1. The number of pyridine rings is 1. The fourth-order valence-corrected chi connectivity index (χ4v) is 3.45. The van der Waals surface area contributed by atoms with E-state index in [1.807, 2.05) is 0 Å². The summed E-state index contributed by atoms with van der Waals surface area (Å²) in [6, 6.07) is 23.7. The van der Waals surface area contributed by atoms with Crippen molar-refractivity contribution in [1.82, 2.24) is 0 Å². The van der Waals surface area contributed by atoms with Gasteiger partial charge in [0.15, 0.2) is 0 Å². The molecule has 118 valence electrons. The maximum Gasteiger partial charge on any atom is 0.214 e. The average molecular weight is 313 g/mol. The molecule has 0 aliphatic heterocycles. The first-order valence-electron chi connectivity index (χ1n) is 8.29. The van der Waals surface area contributed by atoms with Gasteiger partial charge in [0.2, 0.25) is 11.0 Å². The second kappa shape index (κ2) is 5.64. The number of benzene rings is 3. The molecule has 1 aromatic heterocycles. The number of nitrogens with one attached hydrogen (secondary N) is 1. The zero-order chi connectivity index (χ0) is 16.7. The van der Waals surface area contributed by atoms with Gasteiger partial charge in [-0.3, -0.25) is 0 Å². The lowest BCUT2D eigenvalue weighted by atomic mass is 10.1. The van der Waals surface area contributed by atoms with Gasteiger partial charge >= 0.3 is 0 Å². The molecule has 0 radical (unpaired) electrons. The molecule has 3 aromatic carbocycles. The number of para-hydroxylation sites is 2. The molecular weight excluding hydrogens is 292 g/mol. The summed E-state index contributed by atoms with van der Waals surface area (Å²) in [6.07, 6.45) is 0. The lowest BCUT2D eigenvalue weighted by Crippen LogP contribution is -2.30. The van der Waals surface area contributed by atoms with Crippen LogP contribution >= 0.6 is 0 Å². The SMILES string of the molecule is Cc1ccc(Nc2c3ccccc3[n+](C)c3ccccc23)c(C)c1. The van der Waals surface area contributed by atoms with Crippen molar-refractivity contribution in [3.05, 3.63) is 77.9 Å². The summed E-state index contributed by atoms with van der Waals surface area (Å²) in [5.41, 5.74) is 7.33. The lowest BCUT2D eigenvalue weighted by Gasteiger charge is -2.14. The summed E-state index contributed by atoms with van der Waals surface area (Å²) >= 11 is 0. The van der Waals surface area contributed by atoms with Gasteiger partial charge in [-0.05, 0) is 37.6 Å². The topological polar surface area (TPSA) is 15.9 Å². The van der Waals surface area contributed by atoms with Crippen LogP contribution in [0.3, 0.4) is 0 Å². The molecule has 2 heteroatoms. The summed E-state index contributed by atoms with van der Waals surface area (Å²) in [4.78, 5) is 0. The van der Waals surface area contributed by atoms with E-state index in [9.17, 15) is 0 Å². The third-order valence-corrected chi connectivity index (χ3v) is 4.71. The van der Waals surface area contributed by atoms with Crippen LogP contribution in [-0.4, -0.2) is 0 Å². The van der Waals surface area contributed by atoms with Gasteiger partial charge in [-0.2, -0.15) is 4.57 Å². The van der Waals surface area contributed by atoms with E-state index in [1.165, 1.54) is 38.6 Å². The molecule has 2 nitrogen and oxygen atoms in total. The largest absolute Gasteiger partial charge is 0.354 e. The maximum absolute atomic E-state index is 3.70. The van der Waals surface area contributed by atoms with Crippen LogP contribution in [0.2, 0.25) is 0 Å². The molecule has 0 amide bonds. The molecule has 0 aliphatic rings. The molecule has 24 heavy (non-hydrogen) atoms. The first-order valence-corrected chi connectivity index (χ1v) is 8.29. The zero-order valence-electron chi connectivity index (χ0n) is 14.3. The summed E-state index contributed by atoms with van der Waals surface area (Å²) in [7, 11) is 2.13. The molecule has 0 atom stereocenters. The van der Waals surface area contributed by atoms with Crippen molar-refractivity contribution in [2.45, 2.75) is 13.8 Å². The van der Waals surface area contributed by atoms with Crippen LogP contribution in [0, 0.1) is 13.8 Å². The molecule has 0 fully saturated rings. The Bertz CT molecular complexity index is 1010. The zero-order valence-corrected chi connectivity index (χ0v) is 14.3. The second-order valence-electron chi connectivity index (χ2n) is 6.41. The van der Waals surface area contributed by atoms with Crippen LogP contribution in [0.15, 0.2) is 66.7 Å². The van der Waals surface area contributed by atoms with Gasteiger partial charge in [0, 0.05) is 17.8 Å². The second-order valence-corrected chi connectivity index (χ2v) is 6.41. The Morgan fingerprint density at radius 3 is 1.92 bits per heavy atom. The number of hydrogen-bond donors (Lipinski definition) is 1. The Balaban J connectivity index is 2.03. The van der Waals surface area contributed by atoms with E-state index in [0.717, 1.165) is 5.69 Å². The van der Waals surface area contributed by atoms with Crippen molar-refractivity contribution >= 4 is 33.2 Å². The predicted octanol–water partition coefficient (Wildman–Crippen LogP) is 5.18. The van der Waals surface area contributed by atoms with E-state index in [0.29, 0.717) is 0 Å². The molecule has 4 aromatic rings. The fourth-order valence-electron chi connectivity index (χ4n) is 3.45. The normalized spacial score (nSPS) is 11.1. The third kappa shape index (κ3) is 2.31. The van der Waals surface area contributed by atoms with Crippen LogP contribution in [-0.2, 0) is 7.05 Å². The first kappa shape index (κ1) is 14.7. The summed E-state index contributed by atoms with van der Waals surface area (Å²) in [5.74, 6) is 0. The van der Waals surface area contributed by atoms with Crippen molar-refractivity contribution in [3.8, 4) is 0 Å². The van der Waals surface area contributed by atoms with Crippen molar-refractivity contribution in [3.63, 3.8) is 0 Å². The van der Waals surface area contributed by atoms with Gasteiger partial charge in [-0.15, -0.1) is 0 Å². The number of anilines is 2. The predicted molar refractivity (Wildman–Crippen MR) is 102 cm³/mol. The smallest absolute Gasteiger partial charge is 0.214 e. The molecule has 0 saturated carbocycles. The Kier molecular flexibility index (Phi) is 3.46. The molecule has 1 N–H and O–H groups in total. The highest BCUT2D eigenvalue weighted by atomic mass is 15.0. The van der Waals surface area contributed by atoms with Gasteiger partial charge in [0.05, 0.1) is 16.5 Å². The lowest BCUT2D eigenvalue weighted by molar-refractivity contribution is -0.617. The van der Waals surface area contributed by atoms with E-state index >= 15 is 0 Å². The van der Waals surface area contributed by atoms with E-state index in [-0.39, 0.29) is 0 Å². The van der Waals surface area contributed by atoms with Crippen LogP contribution in [0.25, 0.3) is 21.8 Å². The van der Waals surface area contributed by atoms with Gasteiger partial charge in [0.25, 0.3) is 0 Å². The Morgan fingerprint density at radius 1 is 0.750 bits per heavy atom. The number of aryl methyl sites for hydroxylation is 3. The maximum atomic E-state index is 3.70. The van der Waals surface area contributed by atoms with Crippen LogP contribution in [0.1, 0.15) is 11.1 Å². The van der Waals surface area contributed by atoms with E-state index in [2.05, 4.69) is 97.5 Å². The van der Waals surface area contributed by atoms with Gasteiger partial charge < -0.3 is 5.32 Å². The highest BCUT2D eigenvalue weighted by molar-refractivity contribution is 6.06. The van der Waals surface area contributed by atoms with Crippen molar-refractivity contribution < 1.29 is 4.57 Å². The minimum absolute atomic E-state index is 1.16. The highest BCUT2D eigenvalue weighted by Gasteiger charge is 2.17. The monoisotopic (exact) mass is 313 g/mol. The molecule has 1 heterocycles. The molecule has 0 spiro atoms. The third-order valence-electron chi connectivity index (χ3n) is 4.71. The quantitative estimate of drug-likeness (QED) is 0.398. The molecular formula is C22H21N2+. The van der Waals surface area contributed by atoms with Crippen molar-refractivity contribution in [1.29, 1.82) is 0 Å². The molecule has 0 bridgehead atoms. The highest BCUT2D eigenvalue weighted by Crippen LogP contribution is 2.33.